The fourth-order valence-electron chi connectivity index (χ4n) is 1.16. The van der Waals surface area contributed by atoms with Gasteiger partial charge in [0.1, 0.15) is 0 Å². The summed E-state index contributed by atoms with van der Waals surface area (Å²) in [6, 6.07) is 0. The van der Waals surface area contributed by atoms with Crippen LogP contribution in [0.4, 0.5) is 0 Å². The maximum Gasteiger partial charge on any atom is 0.303 e. The molecule has 0 radical (unpaired) electrons. The van der Waals surface area contributed by atoms with Crippen molar-refractivity contribution in [3.63, 3.8) is 0 Å². The Morgan fingerprint density at radius 1 is 1.40 bits per heavy atom. The highest BCUT2D eigenvalue weighted by Gasteiger charge is 2.24. The molecule has 86 valence electrons. The van der Waals surface area contributed by atoms with Crippen LogP contribution in [0.3, 0.4) is 0 Å². The normalized spacial score (nSPS) is 10.9. The van der Waals surface area contributed by atoms with Crippen LogP contribution in [-0.4, -0.2) is 23.5 Å². The lowest BCUT2D eigenvalue weighted by atomic mass is 9.85. The number of rotatable bonds is 6. The van der Waals surface area contributed by atoms with Crippen molar-refractivity contribution in [2.45, 2.75) is 26.7 Å². The molecule has 0 unspecified atom stereocenters. The number of carboxylic acid groups (broad SMARTS) is 1. The first kappa shape index (κ1) is 14.2. The zero-order chi connectivity index (χ0) is 12.1. The van der Waals surface area contributed by atoms with Crippen LogP contribution in [0, 0.1) is 5.41 Å². The SMILES string of the molecule is C=C(Br)CNC(=O)CC(C)(C)CC(=O)O. The van der Waals surface area contributed by atoms with Gasteiger partial charge in [0.05, 0.1) is 6.42 Å². The Bertz CT molecular complexity index is 274. The third-order valence-electron chi connectivity index (χ3n) is 1.75. The third-order valence-corrected chi connectivity index (χ3v) is 2.03. The number of hydrogen-bond donors (Lipinski definition) is 2. The fraction of sp³-hybridized carbons (Fsp3) is 0.600. The van der Waals surface area contributed by atoms with Gasteiger partial charge in [0.25, 0.3) is 0 Å². The fourth-order valence-corrected chi connectivity index (χ4v) is 1.30. The second kappa shape index (κ2) is 5.90. The molecule has 0 atom stereocenters. The number of hydrogen-bond acceptors (Lipinski definition) is 2. The molecule has 0 aliphatic carbocycles. The summed E-state index contributed by atoms with van der Waals surface area (Å²) in [5.74, 6) is -1.06. The smallest absolute Gasteiger partial charge is 0.303 e. The van der Waals surface area contributed by atoms with E-state index in [2.05, 4.69) is 27.8 Å². The molecule has 2 N–H and O–H groups in total. The molecule has 0 bridgehead atoms. The van der Waals surface area contributed by atoms with E-state index < -0.39 is 11.4 Å². The second-order valence-corrected chi connectivity index (χ2v) is 5.33. The summed E-state index contributed by atoms with van der Waals surface area (Å²) in [7, 11) is 0. The first-order chi connectivity index (χ1) is 6.73. The molecule has 0 aromatic rings. The number of halogens is 1. The van der Waals surface area contributed by atoms with Crippen molar-refractivity contribution in [3.8, 4) is 0 Å². The molecule has 0 spiro atoms. The second-order valence-electron chi connectivity index (χ2n) is 4.21. The van der Waals surface area contributed by atoms with E-state index in [0.29, 0.717) is 11.0 Å². The van der Waals surface area contributed by atoms with Gasteiger partial charge in [0.2, 0.25) is 5.91 Å². The number of carboxylic acids is 1. The van der Waals surface area contributed by atoms with Gasteiger partial charge in [-0.15, -0.1) is 0 Å². The number of amides is 1. The van der Waals surface area contributed by atoms with Gasteiger partial charge in [-0.1, -0.05) is 36.4 Å². The minimum Gasteiger partial charge on any atom is -0.481 e. The predicted molar refractivity (Wildman–Crippen MR) is 61.7 cm³/mol. The van der Waals surface area contributed by atoms with Gasteiger partial charge in [0, 0.05) is 17.4 Å². The number of aliphatic carboxylic acids is 1. The standard InChI is InChI=1S/C10H16BrNO3/c1-7(11)6-12-8(13)4-10(2,3)5-9(14)15/h1,4-6H2,2-3H3,(H,12,13)(H,14,15). The molecule has 0 saturated heterocycles. The van der Waals surface area contributed by atoms with Crippen molar-refractivity contribution >= 4 is 27.8 Å². The molecule has 0 fully saturated rings. The Hall–Kier alpha value is -0.840. The van der Waals surface area contributed by atoms with E-state index >= 15 is 0 Å². The van der Waals surface area contributed by atoms with E-state index in [1.165, 1.54) is 0 Å². The monoisotopic (exact) mass is 277 g/mol. The molecule has 0 rings (SSSR count). The van der Waals surface area contributed by atoms with E-state index in [1.54, 1.807) is 13.8 Å². The van der Waals surface area contributed by atoms with Crippen LogP contribution in [0.5, 0.6) is 0 Å². The van der Waals surface area contributed by atoms with Crippen molar-refractivity contribution in [1.29, 1.82) is 0 Å². The van der Waals surface area contributed by atoms with E-state index in [4.69, 9.17) is 5.11 Å². The summed E-state index contributed by atoms with van der Waals surface area (Å²) in [6.07, 6.45) is 0.176. The molecule has 0 aromatic heterocycles. The lowest BCUT2D eigenvalue weighted by molar-refractivity contribution is -0.139. The van der Waals surface area contributed by atoms with Gasteiger partial charge in [-0.25, -0.2) is 0 Å². The van der Waals surface area contributed by atoms with Gasteiger partial charge >= 0.3 is 5.97 Å². The Labute approximate surface area is 97.9 Å². The molecule has 0 aliphatic rings. The number of carbonyl (C=O) groups is 2. The molecule has 0 aliphatic heterocycles. The average Bonchev–Trinajstić information content (AvgIpc) is 1.96. The molecule has 4 nitrogen and oxygen atoms in total. The molecule has 1 amide bonds. The van der Waals surface area contributed by atoms with Crippen LogP contribution < -0.4 is 5.32 Å². The molecular formula is C10H16BrNO3. The Balaban J connectivity index is 4.04. The minimum atomic E-state index is -0.891. The van der Waals surface area contributed by atoms with E-state index in [9.17, 15) is 9.59 Å². The molecule has 15 heavy (non-hydrogen) atoms. The molecule has 0 aromatic carbocycles. The van der Waals surface area contributed by atoms with Crippen LogP contribution in [0.25, 0.3) is 0 Å². The van der Waals surface area contributed by atoms with Crippen molar-refractivity contribution < 1.29 is 14.7 Å². The highest BCUT2D eigenvalue weighted by Crippen LogP contribution is 2.24. The van der Waals surface area contributed by atoms with Crippen LogP contribution in [-0.2, 0) is 9.59 Å². The van der Waals surface area contributed by atoms with Crippen LogP contribution >= 0.6 is 15.9 Å². The topological polar surface area (TPSA) is 66.4 Å². The zero-order valence-corrected chi connectivity index (χ0v) is 10.6. The lowest BCUT2D eigenvalue weighted by Crippen LogP contribution is -2.30. The Morgan fingerprint density at radius 3 is 2.33 bits per heavy atom. The Morgan fingerprint density at radius 2 is 1.93 bits per heavy atom. The first-order valence-corrected chi connectivity index (χ1v) is 5.34. The Kier molecular flexibility index (Phi) is 5.57. The van der Waals surface area contributed by atoms with E-state index in [0.717, 1.165) is 0 Å². The van der Waals surface area contributed by atoms with E-state index in [-0.39, 0.29) is 18.7 Å². The molecule has 0 saturated carbocycles. The van der Waals surface area contributed by atoms with Crippen LogP contribution in [0.1, 0.15) is 26.7 Å². The summed E-state index contributed by atoms with van der Waals surface area (Å²) in [5, 5.41) is 11.3. The van der Waals surface area contributed by atoms with Crippen molar-refractivity contribution in [2.24, 2.45) is 5.41 Å². The highest BCUT2D eigenvalue weighted by molar-refractivity contribution is 9.11. The maximum atomic E-state index is 11.4. The molecule has 0 heterocycles. The minimum absolute atomic E-state index is 0.0182. The van der Waals surface area contributed by atoms with E-state index in [1.807, 2.05) is 0 Å². The van der Waals surface area contributed by atoms with Gasteiger partial charge in [-0.3, -0.25) is 9.59 Å². The summed E-state index contributed by atoms with van der Waals surface area (Å²) in [6.45, 7) is 7.45. The lowest BCUT2D eigenvalue weighted by Gasteiger charge is -2.21. The molecule has 5 heteroatoms. The summed E-state index contributed by atoms with van der Waals surface area (Å²) >= 11 is 3.12. The largest absolute Gasteiger partial charge is 0.481 e. The zero-order valence-electron chi connectivity index (χ0n) is 8.97. The average molecular weight is 278 g/mol. The van der Waals surface area contributed by atoms with Crippen LogP contribution in [0.2, 0.25) is 0 Å². The van der Waals surface area contributed by atoms with Crippen LogP contribution in [0.15, 0.2) is 11.1 Å². The predicted octanol–water partition coefficient (Wildman–Crippen LogP) is 1.90. The van der Waals surface area contributed by atoms with Crippen molar-refractivity contribution in [3.05, 3.63) is 11.1 Å². The van der Waals surface area contributed by atoms with Gasteiger partial charge in [0.15, 0.2) is 0 Å². The molecular weight excluding hydrogens is 262 g/mol. The highest BCUT2D eigenvalue weighted by atomic mass is 79.9. The van der Waals surface area contributed by atoms with Crippen molar-refractivity contribution in [1.82, 2.24) is 5.32 Å². The number of nitrogens with one attached hydrogen (secondary N) is 1. The number of carbonyl (C=O) groups excluding carboxylic acids is 1. The first-order valence-electron chi connectivity index (χ1n) is 4.55. The maximum absolute atomic E-state index is 11.4. The van der Waals surface area contributed by atoms with Gasteiger partial charge < -0.3 is 10.4 Å². The quantitative estimate of drug-likeness (QED) is 0.779. The van der Waals surface area contributed by atoms with Gasteiger partial charge in [-0.05, 0) is 5.41 Å². The summed E-state index contributed by atoms with van der Waals surface area (Å²) < 4.78 is 0.687. The third kappa shape index (κ3) is 8.17. The van der Waals surface area contributed by atoms with Gasteiger partial charge in [-0.2, -0.15) is 0 Å². The summed E-state index contributed by atoms with van der Waals surface area (Å²) in [5.41, 5.74) is -0.524. The summed E-state index contributed by atoms with van der Waals surface area (Å²) in [4.78, 5) is 21.9. The van der Waals surface area contributed by atoms with Crippen molar-refractivity contribution in [2.75, 3.05) is 6.54 Å².